The van der Waals surface area contributed by atoms with E-state index >= 15 is 0 Å². The predicted molar refractivity (Wildman–Crippen MR) is 101 cm³/mol. The van der Waals surface area contributed by atoms with Crippen LogP contribution in [0, 0.1) is 6.92 Å². The number of carbonyl (C=O) groups is 1. The molecule has 0 bridgehead atoms. The molecule has 130 valence electrons. The maximum Gasteiger partial charge on any atom is 0.415 e. The number of hydrogen-bond donors (Lipinski definition) is 0. The molecular weight excluding hydrogens is 298 g/mol. The van der Waals surface area contributed by atoms with Crippen LogP contribution in [0.1, 0.15) is 45.7 Å². The molecule has 0 aromatic heterocycles. The first-order chi connectivity index (χ1) is 11.3. The number of ether oxygens (including phenoxy) is 1. The quantitative estimate of drug-likeness (QED) is 0.643. The van der Waals surface area contributed by atoms with Crippen molar-refractivity contribution in [1.82, 2.24) is 4.90 Å². The highest BCUT2D eigenvalue weighted by molar-refractivity contribution is 5.71. The molecule has 0 radical (unpaired) electrons. The topological polar surface area (TPSA) is 29.5 Å². The Balaban J connectivity index is 3.20. The number of allylic oxidation sites excluding steroid dienone is 5. The zero-order valence-electron chi connectivity index (χ0n) is 15.7. The van der Waals surface area contributed by atoms with Gasteiger partial charge in [0.25, 0.3) is 0 Å². The van der Waals surface area contributed by atoms with Gasteiger partial charge >= 0.3 is 6.09 Å². The van der Waals surface area contributed by atoms with Crippen molar-refractivity contribution in [2.75, 3.05) is 0 Å². The van der Waals surface area contributed by atoms with E-state index in [0.717, 1.165) is 11.3 Å². The number of amides is 1. The molecule has 1 amide bonds. The monoisotopic (exact) mass is 327 g/mol. The van der Waals surface area contributed by atoms with Gasteiger partial charge in [-0.2, -0.15) is 0 Å². The van der Waals surface area contributed by atoms with Crippen molar-refractivity contribution >= 4 is 6.09 Å². The first-order valence-electron chi connectivity index (χ1n) is 8.28. The predicted octanol–water partition coefficient (Wildman–Crippen LogP) is 5.77. The largest absolute Gasteiger partial charge is 0.443 e. The Morgan fingerprint density at radius 3 is 2.46 bits per heavy atom. The first-order valence-corrected chi connectivity index (χ1v) is 8.28. The lowest BCUT2D eigenvalue weighted by molar-refractivity contribution is 0.0307. The number of aryl methyl sites for hydroxylation is 1. The number of nitrogens with zero attached hydrogens (tertiary/aromatic N) is 1. The van der Waals surface area contributed by atoms with Crippen LogP contribution in [0.3, 0.4) is 0 Å². The van der Waals surface area contributed by atoms with Crippen LogP contribution in [0.5, 0.6) is 0 Å². The summed E-state index contributed by atoms with van der Waals surface area (Å²) in [7, 11) is 0. The van der Waals surface area contributed by atoms with Gasteiger partial charge in [-0.25, -0.2) is 4.79 Å². The molecule has 0 aliphatic carbocycles. The normalized spacial score (nSPS) is 12.8. The van der Waals surface area contributed by atoms with Gasteiger partial charge in [0.05, 0.1) is 6.54 Å². The molecule has 0 aliphatic rings. The van der Waals surface area contributed by atoms with E-state index in [9.17, 15) is 4.79 Å². The summed E-state index contributed by atoms with van der Waals surface area (Å²) in [5.74, 6) is 0. The van der Waals surface area contributed by atoms with Crippen LogP contribution in [0.2, 0.25) is 0 Å². The highest BCUT2D eigenvalue weighted by atomic mass is 16.6. The lowest BCUT2D eigenvalue weighted by Crippen LogP contribution is -2.35. The minimum absolute atomic E-state index is 0.349. The third kappa shape index (κ3) is 6.86. The van der Waals surface area contributed by atoms with Crippen LogP contribution in [0.15, 0.2) is 60.3 Å². The minimum atomic E-state index is -0.538. The fourth-order valence-electron chi connectivity index (χ4n) is 2.17. The van der Waals surface area contributed by atoms with E-state index in [1.807, 2.05) is 90.1 Å². The van der Waals surface area contributed by atoms with Gasteiger partial charge in [0, 0.05) is 5.70 Å². The smallest absolute Gasteiger partial charge is 0.415 e. The standard InChI is InChI=1S/C21H29NO2/c1-7-9-14-19(11-8-2)22(20(23)24-21(4,5)6)16-18-13-10-12-17(3)15-18/h7-15H,16H2,1-6H3/b9-7-,11-8-,19-14+. The molecule has 24 heavy (non-hydrogen) atoms. The van der Waals surface area contributed by atoms with E-state index in [1.54, 1.807) is 4.90 Å². The first kappa shape index (κ1) is 19.8. The SMILES string of the molecule is C\C=C/C=C(\C=C/C)N(Cc1cccc(C)c1)C(=O)OC(C)(C)C. The molecule has 0 saturated carbocycles. The number of rotatable bonds is 5. The lowest BCUT2D eigenvalue weighted by Gasteiger charge is -2.28. The average Bonchev–Trinajstić information content (AvgIpc) is 2.47. The van der Waals surface area contributed by atoms with Gasteiger partial charge in [-0.05, 0) is 59.3 Å². The van der Waals surface area contributed by atoms with Gasteiger partial charge in [0.15, 0.2) is 0 Å². The van der Waals surface area contributed by atoms with Crippen LogP contribution < -0.4 is 0 Å². The maximum atomic E-state index is 12.7. The third-order valence-corrected chi connectivity index (χ3v) is 3.15. The molecule has 0 saturated heterocycles. The van der Waals surface area contributed by atoms with Gasteiger partial charge in [0.1, 0.15) is 5.60 Å². The molecule has 0 fully saturated rings. The van der Waals surface area contributed by atoms with Crippen LogP contribution in [-0.4, -0.2) is 16.6 Å². The molecule has 1 aromatic rings. The summed E-state index contributed by atoms with van der Waals surface area (Å²) >= 11 is 0. The van der Waals surface area contributed by atoms with Crippen LogP contribution >= 0.6 is 0 Å². The summed E-state index contributed by atoms with van der Waals surface area (Å²) < 4.78 is 5.60. The maximum absolute atomic E-state index is 12.7. The van der Waals surface area contributed by atoms with Gasteiger partial charge in [0.2, 0.25) is 0 Å². The van der Waals surface area contributed by atoms with E-state index in [4.69, 9.17) is 4.74 Å². The van der Waals surface area contributed by atoms with E-state index in [2.05, 4.69) is 6.07 Å². The Hall–Kier alpha value is -2.29. The number of hydrogen-bond acceptors (Lipinski definition) is 2. The molecule has 3 heteroatoms. The Bertz CT molecular complexity index is 633. The van der Waals surface area contributed by atoms with Crippen molar-refractivity contribution in [1.29, 1.82) is 0 Å². The molecule has 0 atom stereocenters. The Labute approximate surface area is 146 Å². The van der Waals surface area contributed by atoms with Crippen LogP contribution in [-0.2, 0) is 11.3 Å². The number of carbonyl (C=O) groups excluding carboxylic acids is 1. The molecule has 0 N–H and O–H groups in total. The Kier molecular flexibility index (Phi) is 7.50. The molecule has 0 aliphatic heterocycles. The van der Waals surface area contributed by atoms with E-state index in [0.29, 0.717) is 6.54 Å². The summed E-state index contributed by atoms with van der Waals surface area (Å²) in [6.45, 7) is 12.0. The van der Waals surface area contributed by atoms with Gasteiger partial charge in [-0.3, -0.25) is 4.90 Å². The van der Waals surface area contributed by atoms with Crippen LogP contribution in [0.4, 0.5) is 4.79 Å². The fourth-order valence-corrected chi connectivity index (χ4v) is 2.17. The summed E-state index contributed by atoms with van der Waals surface area (Å²) in [4.78, 5) is 14.4. The van der Waals surface area contributed by atoms with E-state index in [-0.39, 0.29) is 6.09 Å². The molecule has 0 heterocycles. The van der Waals surface area contributed by atoms with Gasteiger partial charge < -0.3 is 4.74 Å². The highest BCUT2D eigenvalue weighted by Crippen LogP contribution is 2.19. The second kappa shape index (κ2) is 9.11. The van der Waals surface area contributed by atoms with Crippen LogP contribution in [0.25, 0.3) is 0 Å². The number of benzene rings is 1. The average molecular weight is 327 g/mol. The van der Waals surface area contributed by atoms with Gasteiger partial charge in [-0.15, -0.1) is 0 Å². The van der Waals surface area contributed by atoms with E-state index < -0.39 is 5.60 Å². The van der Waals surface area contributed by atoms with Crippen molar-refractivity contribution in [3.8, 4) is 0 Å². The van der Waals surface area contributed by atoms with Crippen molar-refractivity contribution in [2.45, 2.75) is 53.7 Å². The second-order valence-corrected chi connectivity index (χ2v) is 6.67. The molecule has 0 unspecified atom stereocenters. The van der Waals surface area contributed by atoms with Crippen molar-refractivity contribution < 1.29 is 9.53 Å². The lowest BCUT2D eigenvalue weighted by atomic mass is 10.1. The summed E-state index contributed by atoms with van der Waals surface area (Å²) in [6.07, 6.45) is 9.26. The zero-order chi connectivity index (χ0) is 18.2. The summed E-state index contributed by atoms with van der Waals surface area (Å²) in [5, 5.41) is 0. The summed E-state index contributed by atoms with van der Waals surface area (Å²) in [6, 6.07) is 8.15. The molecule has 3 nitrogen and oxygen atoms in total. The molecule has 1 aromatic carbocycles. The highest BCUT2D eigenvalue weighted by Gasteiger charge is 2.24. The minimum Gasteiger partial charge on any atom is -0.443 e. The Morgan fingerprint density at radius 1 is 1.21 bits per heavy atom. The van der Waals surface area contributed by atoms with E-state index in [1.165, 1.54) is 5.56 Å². The molecular formula is C21H29NO2. The zero-order valence-corrected chi connectivity index (χ0v) is 15.7. The van der Waals surface area contributed by atoms with Gasteiger partial charge in [-0.1, -0.05) is 48.1 Å². The summed E-state index contributed by atoms with van der Waals surface area (Å²) in [5.41, 5.74) is 2.49. The fraction of sp³-hybridized carbons (Fsp3) is 0.381. The van der Waals surface area contributed by atoms with Crippen molar-refractivity contribution in [3.05, 3.63) is 71.5 Å². The second-order valence-electron chi connectivity index (χ2n) is 6.67. The molecule has 1 rings (SSSR count). The molecule has 0 spiro atoms. The van der Waals surface area contributed by atoms with Crippen molar-refractivity contribution in [3.63, 3.8) is 0 Å². The third-order valence-electron chi connectivity index (χ3n) is 3.15. The van der Waals surface area contributed by atoms with Crippen molar-refractivity contribution in [2.24, 2.45) is 0 Å². The Morgan fingerprint density at radius 2 is 1.92 bits per heavy atom.